The molecule has 0 saturated heterocycles. The van der Waals surface area contributed by atoms with E-state index in [0.29, 0.717) is 47.3 Å². The Morgan fingerprint density at radius 2 is 1.65 bits per heavy atom. The third-order valence-electron chi connectivity index (χ3n) is 6.93. The van der Waals surface area contributed by atoms with Gasteiger partial charge in [-0.3, -0.25) is 14.4 Å². The van der Waals surface area contributed by atoms with Gasteiger partial charge in [-0.2, -0.15) is 0 Å². The summed E-state index contributed by atoms with van der Waals surface area (Å²) in [6.07, 6.45) is 4.64. The average molecular weight is 583 g/mol. The molecule has 224 valence electrons. The van der Waals surface area contributed by atoms with Crippen molar-refractivity contribution in [2.75, 3.05) is 20.6 Å². The van der Waals surface area contributed by atoms with E-state index in [-0.39, 0.29) is 17.6 Å². The minimum absolute atomic E-state index is 0.165. The molecule has 0 aliphatic carbocycles. The van der Waals surface area contributed by atoms with Gasteiger partial charge >= 0.3 is 0 Å². The van der Waals surface area contributed by atoms with Crippen LogP contribution >= 0.6 is 0 Å². The van der Waals surface area contributed by atoms with Gasteiger partial charge in [-0.1, -0.05) is 38.6 Å². The van der Waals surface area contributed by atoms with Gasteiger partial charge in [0.15, 0.2) is 5.78 Å². The summed E-state index contributed by atoms with van der Waals surface area (Å²) < 4.78 is 13.5. The molecule has 0 saturated carbocycles. The topological polar surface area (TPSA) is 99.3 Å². The Bertz CT molecular complexity index is 1560. The van der Waals surface area contributed by atoms with E-state index < -0.39 is 5.82 Å². The molecule has 43 heavy (non-hydrogen) atoms. The molecule has 0 spiro atoms. The summed E-state index contributed by atoms with van der Waals surface area (Å²) in [6.45, 7) is 10.6. The molecule has 3 aromatic rings. The number of benzene rings is 3. The summed E-state index contributed by atoms with van der Waals surface area (Å²) in [6, 6.07) is 16.7. The number of halogens is 1. The minimum atomic E-state index is -0.400. The predicted octanol–water partition coefficient (Wildman–Crippen LogP) is 5.38. The molecule has 0 fully saturated rings. The number of rotatable bonds is 14. The lowest BCUT2D eigenvalue weighted by atomic mass is 9.92. The molecular weight excluding hydrogens is 543 g/mol. The van der Waals surface area contributed by atoms with E-state index in [0.717, 1.165) is 28.1 Å². The lowest BCUT2D eigenvalue weighted by Gasteiger charge is -2.17. The second-order valence-electron chi connectivity index (χ2n) is 10.5. The van der Waals surface area contributed by atoms with Gasteiger partial charge in [0, 0.05) is 59.4 Å². The monoisotopic (exact) mass is 582 g/mol. The quantitative estimate of drug-likeness (QED) is 0.116. The Hall–Kier alpha value is -4.82. The number of hydrogen-bond acceptors (Lipinski definition) is 5. The number of allylic oxidation sites excluding steroid dienone is 3. The number of carbonyl (C=O) groups is 3. The Balaban J connectivity index is 2.08. The molecule has 0 heterocycles. The van der Waals surface area contributed by atoms with Crippen LogP contribution in [0.5, 0.6) is 0 Å². The highest BCUT2D eigenvalue weighted by atomic mass is 19.1. The lowest BCUT2D eigenvalue weighted by molar-refractivity contribution is -0.108. The van der Waals surface area contributed by atoms with Crippen LogP contribution in [0.2, 0.25) is 0 Å². The first-order chi connectivity index (χ1) is 20.6. The summed E-state index contributed by atoms with van der Waals surface area (Å²) >= 11 is 0. The van der Waals surface area contributed by atoms with E-state index in [1.807, 2.05) is 38.2 Å². The first-order valence-electron chi connectivity index (χ1n) is 14.0. The van der Waals surface area contributed by atoms with E-state index in [4.69, 9.17) is 0 Å². The highest BCUT2D eigenvalue weighted by Crippen LogP contribution is 2.24. The van der Waals surface area contributed by atoms with E-state index in [2.05, 4.69) is 47.8 Å². The Morgan fingerprint density at radius 1 is 0.953 bits per heavy atom. The molecule has 7 nitrogen and oxygen atoms in total. The summed E-state index contributed by atoms with van der Waals surface area (Å²) in [7, 11) is 3.39. The van der Waals surface area contributed by atoms with Crippen LogP contribution in [0, 0.1) is 12.7 Å². The van der Waals surface area contributed by atoms with Crippen LogP contribution in [0.15, 0.2) is 90.8 Å². The summed E-state index contributed by atoms with van der Waals surface area (Å²) in [4.78, 5) is 37.3. The van der Waals surface area contributed by atoms with Crippen LogP contribution in [0.1, 0.15) is 68.3 Å². The molecule has 0 unspecified atom stereocenters. The van der Waals surface area contributed by atoms with Gasteiger partial charge in [0.1, 0.15) is 5.82 Å². The standard InChI is InChI=1S/C35H39FN4O3/c1-22(2)27-16-25(17-28(19-27)34(42)26-10-12-29(36)13-11-26)18-30(40-23(3)20-37-5)14-15-33(39-21-41)31-8-7-9-32(24(31)4)35(43)38-6/h7-17,19,21-22,37,40H,3,18,20H2,1-2,4-6H3,(H,38,43)(H,39,41)/b30-14+,33-15-. The van der Waals surface area contributed by atoms with Crippen LogP contribution in [0.4, 0.5) is 4.39 Å². The number of amides is 2. The van der Waals surface area contributed by atoms with Gasteiger partial charge < -0.3 is 21.3 Å². The van der Waals surface area contributed by atoms with Gasteiger partial charge in [0.05, 0.1) is 0 Å². The van der Waals surface area contributed by atoms with Crippen LogP contribution in [-0.4, -0.2) is 38.7 Å². The molecular formula is C35H39FN4O3. The fourth-order valence-corrected chi connectivity index (χ4v) is 4.67. The lowest BCUT2D eigenvalue weighted by Crippen LogP contribution is -2.22. The number of ketones is 1. The van der Waals surface area contributed by atoms with Gasteiger partial charge in [0.2, 0.25) is 6.41 Å². The molecule has 8 heteroatoms. The molecule has 2 amide bonds. The van der Waals surface area contributed by atoms with Crippen LogP contribution in [0.25, 0.3) is 5.70 Å². The number of hydrogen-bond donors (Lipinski definition) is 4. The van der Waals surface area contributed by atoms with Crippen molar-refractivity contribution in [1.82, 2.24) is 21.3 Å². The molecule has 0 radical (unpaired) electrons. The highest BCUT2D eigenvalue weighted by Gasteiger charge is 2.15. The average Bonchev–Trinajstić information content (AvgIpc) is 2.99. The van der Waals surface area contributed by atoms with Crippen molar-refractivity contribution in [1.29, 1.82) is 0 Å². The zero-order valence-corrected chi connectivity index (χ0v) is 25.3. The third kappa shape index (κ3) is 8.83. The van der Waals surface area contributed by atoms with Crippen LogP contribution in [0.3, 0.4) is 0 Å². The molecule has 0 bridgehead atoms. The van der Waals surface area contributed by atoms with E-state index in [9.17, 15) is 18.8 Å². The van der Waals surface area contributed by atoms with E-state index in [1.54, 1.807) is 25.3 Å². The fraction of sp³-hybridized carbons (Fsp3) is 0.229. The second-order valence-corrected chi connectivity index (χ2v) is 10.5. The van der Waals surface area contributed by atoms with Gasteiger partial charge in [0.25, 0.3) is 5.91 Å². The second kappa shape index (κ2) is 15.4. The Kier molecular flexibility index (Phi) is 11.7. The SMILES string of the molecule is C=C(CNC)N/C(=C/C=C(\NC=O)c1cccc(C(=O)NC)c1C)Cc1cc(C(=O)c2ccc(F)cc2)cc(C(C)C)c1. The third-order valence-corrected chi connectivity index (χ3v) is 6.93. The Morgan fingerprint density at radius 3 is 2.28 bits per heavy atom. The molecule has 0 aromatic heterocycles. The van der Waals surface area contributed by atoms with Crippen LogP contribution in [-0.2, 0) is 11.2 Å². The first-order valence-corrected chi connectivity index (χ1v) is 14.0. The number of nitrogens with one attached hydrogen (secondary N) is 4. The van der Waals surface area contributed by atoms with Gasteiger partial charge in [-0.25, -0.2) is 4.39 Å². The maximum Gasteiger partial charge on any atom is 0.251 e. The van der Waals surface area contributed by atoms with E-state index >= 15 is 0 Å². The van der Waals surface area contributed by atoms with Crippen molar-refractivity contribution in [2.24, 2.45) is 0 Å². The van der Waals surface area contributed by atoms with Crippen molar-refractivity contribution in [2.45, 2.75) is 33.1 Å². The zero-order chi connectivity index (χ0) is 31.5. The smallest absolute Gasteiger partial charge is 0.251 e. The normalized spacial score (nSPS) is 11.7. The van der Waals surface area contributed by atoms with E-state index in [1.165, 1.54) is 24.3 Å². The number of carbonyl (C=O) groups excluding carboxylic acids is 3. The molecule has 0 atom stereocenters. The first kappa shape index (κ1) is 32.7. The zero-order valence-electron chi connectivity index (χ0n) is 25.3. The molecule has 0 aliphatic heterocycles. The minimum Gasteiger partial charge on any atom is -0.361 e. The van der Waals surface area contributed by atoms with Crippen molar-refractivity contribution in [3.8, 4) is 0 Å². The van der Waals surface area contributed by atoms with Crippen molar-refractivity contribution >= 4 is 23.8 Å². The maximum absolute atomic E-state index is 13.5. The summed E-state index contributed by atoms with van der Waals surface area (Å²) in [5.41, 5.74) is 6.75. The Labute approximate surface area is 253 Å². The predicted molar refractivity (Wildman–Crippen MR) is 170 cm³/mol. The molecule has 4 N–H and O–H groups in total. The molecule has 3 aromatic carbocycles. The van der Waals surface area contributed by atoms with Crippen LogP contribution < -0.4 is 21.3 Å². The summed E-state index contributed by atoms with van der Waals surface area (Å²) in [5.74, 6) is -0.645. The molecule has 0 aliphatic rings. The summed E-state index contributed by atoms with van der Waals surface area (Å²) in [5, 5.41) is 11.8. The van der Waals surface area contributed by atoms with Crippen molar-refractivity contribution in [3.05, 3.63) is 136 Å². The fourth-order valence-electron chi connectivity index (χ4n) is 4.67. The van der Waals surface area contributed by atoms with Crippen molar-refractivity contribution < 1.29 is 18.8 Å². The maximum atomic E-state index is 13.5. The molecule has 3 rings (SSSR count). The van der Waals surface area contributed by atoms with Gasteiger partial charge in [-0.05, 0) is 91.2 Å². The highest BCUT2D eigenvalue weighted by molar-refractivity contribution is 6.09. The number of likely N-dealkylation sites (N-methyl/N-ethyl adjacent to an activating group) is 1. The largest absolute Gasteiger partial charge is 0.361 e. The van der Waals surface area contributed by atoms with Gasteiger partial charge in [-0.15, -0.1) is 0 Å². The van der Waals surface area contributed by atoms with Crippen molar-refractivity contribution in [3.63, 3.8) is 0 Å².